The lowest BCUT2D eigenvalue weighted by molar-refractivity contribution is -0.141. The molecule has 0 radical (unpaired) electrons. The topological polar surface area (TPSA) is 44.6 Å². The highest BCUT2D eigenvalue weighted by atomic mass is 19.4. The molecule has 0 aromatic carbocycles. The first-order chi connectivity index (χ1) is 14.5. The van der Waals surface area contributed by atoms with Gasteiger partial charge in [0.1, 0.15) is 12.4 Å². The van der Waals surface area contributed by atoms with Crippen LogP contribution in [0.1, 0.15) is 37.1 Å². The highest BCUT2D eigenvalue weighted by Crippen LogP contribution is 2.39. The number of amides is 1. The van der Waals surface area contributed by atoms with Crippen LogP contribution in [0.25, 0.3) is 11.4 Å². The Morgan fingerprint density at radius 2 is 1.87 bits per heavy atom. The predicted molar refractivity (Wildman–Crippen MR) is 114 cm³/mol. The van der Waals surface area contributed by atoms with E-state index in [4.69, 9.17) is 0 Å². The molecule has 31 heavy (non-hydrogen) atoms. The van der Waals surface area contributed by atoms with Gasteiger partial charge in [-0.1, -0.05) is 6.92 Å². The van der Waals surface area contributed by atoms with Crippen LogP contribution < -0.4 is 0 Å². The molecule has 3 heterocycles. The molecule has 0 aromatic rings. The minimum Gasteiger partial charge on any atom is -0.347 e. The Kier molecular flexibility index (Phi) is 6.95. The number of fused-ring (bicyclic) bond motifs is 1. The van der Waals surface area contributed by atoms with E-state index in [-0.39, 0.29) is 30.4 Å². The van der Waals surface area contributed by atoms with Gasteiger partial charge < -0.3 is 9.47 Å². The van der Waals surface area contributed by atoms with Crippen LogP contribution >= 0.6 is 0 Å². The Morgan fingerprint density at radius 3 is 2.42 bits per heavy atom. The first-order valence-electron chi connectivity index (χ1n) is 10.7. The molecular formula is C22H32F3N5O. The first-order valence-corrected chi connectivity index (χ1v) is 10.7. The van der Waals surface area contributed by atoms with E-state index in [1.54, 1.807) is 26.4 Å². The van der Waals surface area contributed by atoms with Crippen molar-refractivity contribution in [1.29, 1.82) is 0 Å². The molecule has 0 aliphatic carbocycles. The highest BCUT2D eigenvalue weighted by molar-refractivity contribution is 5.77. The zero-order chi connectivity index (χ0) is 22.9. The molecule has 3 rings (SSSR count). The van der Waals surface area contributed by atoms with Crippen molar-refractivity contribution in [1.82, 2.24) is 24.3 Å². The van der Waals surface area contributed by atoms with Crippen LogP contribution in [0.5, 0.6) is 0 Å². The van der Waals surface area contributed by atoms with E-state index in [9.17, 15) is 18.0 Å². The molecule has 1 atom stereocenters. The smallest absolute Gasteiger partial charge is 0.347 e. The average Bonchev–Trinajstić information content (AvgIpc) is 3.06. The lowest BCUT2D eigenvalue weighted by atomic mass is 10.0. The lowest BCUT2D eigenvalue weighted by Gasteiger charge is -2.38. The summed E-state index contributed by atoms with van der Waals surface area (Å²) < 4.78 is 43.2. The largest absolute Gasteiger partial charge is 0.433 e. The molecule has 9 heteroatoms. The Bertz CT molecular complexity index is 884. The van der Waals surface area contributed by atoms with Crippen molar-refractivity contribution in [2.24, 2.45) is 0 Å². The van der Waals surface area contributed by atoms with Crippen molar-refractivity contribution in [2.75, 3.05) is 40.3 Å². The van der Waals surface area contributed by atoms with Gasteiger partial charge in [-0.3, -0.25) is 14.6 Å². The minimum atomic E-state index is -4.55. The van der Waals surface area contributed by atoms with Gasteiger partial charge in [-0.05, 0) is 31.9 Å². The summed E-state index contributed by atoms with van der Waals surface area (Å²) in [7, 11) is 3.25. The minimum absolute atomic E-state index is 0.0491. The van der Waals surface area contributed by atoms with Crippen LogP contribution in [-0.4, -0.2) is 76.5 Å². The van der Waals surface area contributed by atoms with Gasteiger partial charge in [0.05, 0.1) is 0 Å². The number of alkyl halides is 3. The molecule has 0 saturated carbocycles. The van der Waals surface area contributed by atoms with E-state index in [2.05, 4.69) is 28.6 Å². The summed E-state index contributed by atoms with van der Waals surface area (Å²) >= 11 is 0. The van der Waals surface area contributed by atoms with Crippen molar-refractivity contribution in [3.05, 3.63) is 29.1 Å². The third-order valence-electron chi connectivity index (χ3n) is 6.15. The van der Waals surface area contributed by atoms with Gasteiger partial charge in [0.15, 0.2) is 5.69 Å². The van der Waals surface area contributed by atoms with Crippen molar-refractivity contribution < 1.29 is 18.0 Å². The molecule has 0 aromatic heterocycles. The quantitative estimate of drug-likeness (QED) is 0.693. The number of likely N-dealkylation sites (N-methyl/N-ethyl adjacent to an activating group) is 1. The molecular weight excluding hydrogens is 407 g/mol. The van der Waals surface area contributed by atoms with Crippen LogP contribution in [0, 0.1) is 6.92 Å². The van der Waals surface area contributed by atoms with E-state index in [1.165, 1.54) is 9.47 Å². The number of carbonyl (C=O) groups excluding carboxylic acids is 1. The molecule has 1 amide bonds. The zero-order valence-corrected chi connectivity index (χ0v) is 19.0. The van der Waals surface area contributed by atoms with Gasteiger partial charge >= 0.3 is 6.18 Å². The molecule has 1 fully saturated rings. The predicted octanol–water partition coefficient (Wildman–Crippen LogP) is 3.32. The highest BCUT2D eigenvalue weighted by Gasteiger charge is 2.40. The average molecular weight is 440 g/mol. The number of piperazine rings is 1. The van der Waals surface area contributed by atoms with Crippen molar-refractivity contribution in [3.63, 3.8) is 0 Å². The molecule has 172 valence electrons. The molecule has 3 aliphatic heterocycles. The van der Waals surface area contributed by atoms with Crippen molar-refractivity contribution >= 4 is 5.91 Å². The second-order valence-electron chi connectivity index (χ2n) is 8.68. The third-order valence-corrected chi connectivity index (χ3v) is 6.15. The maximum Gasteiger partial charge on any atom is 0.433 e. The van der Waals surface area contributed by atoms with E-state index >= 15 is 0 Å². The van der Waals surface area contributed by atoms with Gasteiger partial charge in [0.25, 0.3) is 0 Å². The maximum atomic E-state index is 13.9. The fourth-order valence-corrected chi connectivity index (χ4v) is 4.08. The standard InChI is InChI=1S/C22H32F3N5O/c1-6-16(3)29-9-7-28(8-10-29)13-18-17-11-15(2)12-30(14-19(31)27(4)5)21(17)26-20(18)22(23,24)25/h11-12,16H,6-10,13-14H2,1-5H3. The molecule has 0 bridgehead atoms. The second kappa shape index (κ2) is 9.16. The summed E-state index contributed by atoms with van der Waals surface area (Å²) in [6.07, 6.45) is -1.81. The number of pyridine rings is 1. The number of hydrogen-bond donors (Lipinski definition) is 0. The third kappa shape index (κ3) is 5.20. The Morgan fingerprint density at radius 1 is 1.23 bits per heavy atom. The van der Waals surface area contributed by atoms with Gasteiger partial charge in [-0.2, -0.15) is 13.2 Å². The molecule has 1 saturated heterocycles. The summed E-state index contributed by atoms with van der Waals surface area (Å²) in [5.74, 6) is 0.0116. The zero-order valence-electron chi connectivity index (χ0n) is 19.0. The van der Waals surface area contributed by atoms with Gasteiger partial charge in [0, 0.05) is 70.2 Å². The van der Waals surface area contributed by atoms with Crippen molar-refractivity contribution in [3.8, 4) is 11.4 Å². The lowest BCUT2D eigenvalue weighted by Crippen LogP contribution is -2.49. The fourth-order valence-electron chi connectivity index (χ4n) is 4.08. The Balaban J connectivity index is 1.93. The van der Waals surface area contributed by atoms with E-state index in [0.717, 1.165) is 38.2 Å². The van der Waals surface area contributed by atoms with E-state index in [1.807, 2.05) is 6.92 Å². The molecule has 6 nitrogen and oxygen atoms in total. The number of nitrogens with zero attached hydrogens (tertiary/aromatic N) is 5. The number of aryl methyl sites for hydroxylation is 1. The number of aromatic nitrogens is 2. The van der Waals surface area contributed by atoms with Crippen LogP contribution in [0.3, 0.4) is 0 Å². The van der Waals surface area contributed by atoms with E-state index in [0.29, 0.717) is 11.6 Å². The molecule has 0 spiro atoms. The summed E-state index contributed by atoms with van der Waals surface area (Å²) in [5, 5.41) is 0. The number of hydrogen-bond acceptors (Lipinski definition) is 4. The maximum absolute atomic E-state index is 13.9. The van der Waals surface area contributed by atoms with Crippen LogP contribution in [-0.2, 0) is 24.1 Å². The monoisotopic (exact) mass is 439 g/mol. The summed E-state index contributed by atoms with van der Waals surface area (Å²) in [4.78, 5) is 22.1. The van der Waals surface area contributed by atoms with Crippen LogP contribution in [0.2, 0.25) is 0 Å². The summed E-state index contributed by atoms with van der Waals surface area (Å²) in [5.41, 5.74) is 0.629. The number of rotatable bonds is 6. The van der Waals surface area contributed by atoms with Gasteiger partial charge in [0.2, 0.25) is 5.91 Å². The van der Waals surface area contributed by atoms with Crippen LogP contribution in [0.15, 0.2) is 12.3 Å². The molecule has 3 aliphatic rings. The van der Waals surface area contributed by atoms with Crippen molar-refractivity contribution in [2.45, 2.75) is 52.5 Å². The number of halogens is 3. The summed E-state index contributed by atoms with van der Waals surface area (Å²) in [6, 6.07) is 2.23. The SMILES string of the molecule is CCC(C)N1CCN(Cc2c3cc(C)cn(CC(=O)N(C)C)c-3nc2C(F)(F)F)CC1. The molecule has 1 unspecified atom stereocenters. The normalized spacial score (nSPS) is 17.3. The summed E-state index contributed by atoms with van der Waals surface area (Å²) in [6.45, 7) is 9.44. The number of carbonyl (C=O) groups is 1. The first kappa shape index (κ1) is 23.5. The Hall–Kier alpha value is -2.13. The van der Waals surface area contributed by atoms with Crippen LogP contribution in [0.4, 0.5) is 13.2 Å². The van der Waals surface area contributed by atoms with Gasteiger partial charge in [-0.15, -0.1) is 0 Å². The second-order valence-corrected chi connectivity index (χ2v) is 8.68. The van der Waals surface area contributed by atoms with Gasteiger partial charge in [-0.25, -0.2) is 4.98 Å². The Labute approximate surface area is 182 Å². The molecule has 0 N–H and O–H groups in total. The van der Waals surface area contributed by atoms with E-state index < -0.39 is 11.9 Å². The fraction of sp³-hybridized carbons (Fsp3) is 0.636.